The normalized spacial score (nSPS) is 18.8. The lowest BCUT2D eigenvalue weighted by molar-refractivity contribution is -0.142. The Kier molecular flexibility index (Phi) is 5.86. The molecule has 4 nitrogen and oxygen atoms in total. The molecule has 2 aromatic carbocycles. The first-order valence-electron chi connectivity index (χ1n) is 8.71. The topological polar surface area (TPSA) is 49.8 Å². The van der Waals surface area contributed by atoms with E-state index >= 15 is 0 Å². The molecule has 3 rings (SSSR count). The number of carbonyl (C=O) groups is 1. The Morgan fingerprint density at radius 2 is 1.93 bits per heavy atom. The molecule has 1 heterocycles. The van der Waals surface area contributed by atoms with Gasteiger partial charge < -0.3 is 9.84 Å². The molecule has 0 saturated carbocycles. The van der Waals surface area contributed by atoms with E-state index in [4.69, 9.17) is 16.3 Å². The number of alkyl halides is 3. The van der Waals surface area contributed by atoms with Gasteiger partial charge >= 0.3 is 12.1 Å². The van der Waals surface area contributed by atoms with Gasteiger partial charge in [0.05, 0.1) is 18.7 Å². The second-order valence-electron chi connectivity index (χ2n) is 6.64. The third-order valence-corrected chi connectivity index (χ3v) is 5.19. The van der Waals surface area contributed by atoms with Gasteiger partial charge in [-0.2, -0.15) is 13.2 Å². The smallest absolute Gasteiger partial charge is 0.416 e. The maximum absolute atomic E-state index is 13.0. The number of hydrogen-bond donors (Lipinski definition) is 1. The first-order valence-corrected chi connectivity index (χ1v) is 9.09. The van der Waals surface area contributed by atoms with Crippen molar-refractivity contribution in [2.24, 2.45) is 0 Å². The third kappa shape index (κ3) is 4.10. The predicted molar refractivity (Wildman–Crippen MR) is 98.7 cm³/mol. The molecule has 2 atom stereocenters. The van der Waals surface area contributed by atoms with Crippen LogP contribution in [0.4, 0.5) is 13.2 Å². The molecular formula is C20H19ClF3NO3. The molecule has 0 bridgehead atoms. The molecule has 0 radical (unpaired) electrons. The van der Waals surface area contributed by atoms with E-state index in [0.717, 1.165) is 12.1 Å². The molecule has 1 fully saturated rings. The Bertz CT molecular complexity index is 855. The molecular weight excluding hydrogens is 395 g/mol. The lowest BCUT2D eigenvalue weighted by atomic mass is 9.94. The van der Waals surface area contributed by atoms with Crippen LogP contribution in [-0.2, 0) is 11.0 Å². The predicted octanol–water partition coefficient (Wildman–Crippen LogP) is 5.01. The lowest BCUT2D eigenvalue weighted by Crippen LogP contribution is -2.39. The van der Waals surface area contributed by atoms with Gasteiger partial charge in [-0.1, -0.05) is 23.7 Å². The van der Waals surface area contributed by atoms with Crippen molar-refractivity contribution in [3.63, 3.8) is 0 Å². The number of nitrogens with zero attached hydrogens (tertiary/aromatic N) is 1. The molecule has 0 aromatic heterocycles. The lowest BCUT2D eigenvalue weighted by Gasteiger charge is -2.33. The Morgan fingerprint density at radius 3 is 2.50 bits per heavy atom. The number of methoxy groups -OCH3 is 1. The highest BCUT2D eigenvalue weighted by molar-refractivity contribution is 6.30. The first-order chi connectivity index (χ1) is 13.2. The number of hydrogen-bond acceptors (Lipinski definition) is 3. The highest BCUT2D eigenvalue weighted by atomic mass is 35.5. The number of carboxylic acids is 1. The summed E-state index contributed by atoms with van der Waals surface area (Å²) in [5.41, 5.74) is 0.397. The van der Waals surface area contributed by atoms with E-state index in [1.165, 1.54) is 19.2 Å². The van der Waals surface area contributed by atoms with Gasteiger partial charge in [0.1, 0.15) is 11.8 Å². The van der Waals surface area contributed by atoms with Gasteiger partial charge in [0.25, 0.3) is 0 Å². The Hall–Kier alpha value is -2.25. The molecule has 0 spiro atoms. The average Bonchev–Trinajstić information content (AvgIpc) is 3.11. The summed E-state index contributed by atoms with van der Waals surface area (Å²) >= 11 is 6.16. The largest absolute Gasteiger partial charge is 0.496 e. The van der Waals surface area contributed by atoms with E-state index in [9.17, 15) is 23.1 Å². The van der Waals surface area contributed by atoms with Gasteiger partial charge in [-0.3, -0.25) is 9.69 Å². The Morgan fingerprint density at radius 1 is 1.25 bits per heavy atom. The number of aliphatic carboxylic acids is 1. The van der Waals surface area contributed by atoms with Gasteiger partial charge in [-0.05, 0) is 48.7 Å². The van der Waals surface area contributed by atoms with Crippen molar-refractivity contribution in [3.8, 4) is 5.75 Å². The molecule has 1 N–H and O–H groups in total. The molecule has 150 valence electrons. The molecule has 1 aliphatic rings. The number of halogens is 4. The van der Waals surface area contributed by atoms with Gasteiger partial charge in [0.15, 0.2) is 0 Å². The van der Waals surface area contributed by atoms with Crippen LogP contribution in [0.15, 0.2) is 42.5 Å². The molecule has 8 heteroatoms. The van der Waals surface area contributed by atoms with Crippen LogP contribution < -0.4 is 4.74 Å². The standard InChI is InChI=1S/C20H19ClF3NO3/c1-28-17-9-8-14(21)11-15(17)18(25-10-2-3-16(25)19(26)27)12-4-6-13(7-5-12)20(22,23)24/h4-9,11,16,18H,2-3,10H2,1H3,(H,26,27). The van der Waals surface area contributed by atoms with Crippen molar-refractivity contribution in [2.45, 2.75) is 31.1 Å². The Labute approximate surface area is 165 Å². The van der Waals surface area contributed by atoms with Crippen molar-refractivity contribution < 1.29 is 27.8 Å². The highest BCUT2D eigenvalue weighted by Crippen LogP contribution is 2.41. The summed E-state index contributed by atoms with van der Waals surface area (Å²) in [5.74, 6) is -0.472. The van der Waals surface area contributed by atoms with Crippen LogP contribution in [0.1, 0.15) is 35.6 Å². The maximum atomic E-state index is 13.0. The number of rotatable bonds is 5. The fourth-order valence-corrected chi connectivity index (χ4v) is 3.87. The zero-order chi connectivity index (χ0) is 20.5. The monoisotopic (exact) mass is 413 g/mol. The minimum absolute atomic E-state index is 0.429. The Balaban J connectivity index is 2.13. The van der Waals surface area contributed by atoms with Crippen molar-refractivity contribution >= 4 is 17.6 Å². The summed E-state index contributed by atoms with van der Waals surface area (Å²) in [7, 11) is 1.48. The van der Waals surface area contributed by atoms with Crippen LogP contribution in [0.2, 0.25) is 5.02 Å². The molecule has 2 unspecified atom stereocenters. The minimum atomic E-state index is -4.45. The fraction of sp³-hybridized carbons (Fsp3) is 0.350. The molecule has 28 heavy (non-hydrogen) atoms. The highest BCUT2D eigenvalue weighted by Gasteiger charge is 2.38. The van der Waals surface area contributed by atoms with Crippen molar-refractivity contribution in [2.75, 3.05) is 13.7 Å². The summed E-state index contributed by atoms with van der Waals surface area (Å²) in [5, 5.41) is 10.0. The molecule has 1 aliphatic heterocycles. The van der Waals surface area contributed by atoms with Gasteiger partial charge in [-0.25, -0.2) is 0 Å². The van der Waals surface area contributed by atoms with E-state index in [-0.39, 0.29) is 0 Å². The second kappa shape index (κ2) is 8.01. The van der Waals surface area contributed by atoms with E-state index < -0.39 is 29.8 Å². The zero-order valence-corrected chi connectivity index (χ0v) is 15.8. The van der Waals surface area contributed by atoms with Crippen LogP contribution in [0.3, 0.4) is 0 Å². The van der Waals surface area contributed by atoms with E-state index in [2.05, 4.69) is 0 Å². The molecule has 2 aromatic rings. The zero-order valence-electron chi connectivity index (χ0n) is 15.0. The summed E-state index contributed by atoms with van der Waals surface area (Å²) in [4.78, 5) is 13.5. The first kappa shape index (κ1) is 20.5. The van der Waals surface area contributed by atoms with Crippen molar-refractivity contribution in [1.29, 1.82) is 0 Å². The van der Waals surface area contributed by atoms with Crippen LogP contribution in [0.25, 0.3) is 0 Å². The molecule has 0 amide bonds. The molecule has 1 saturated heterocycles. The number of likely N-dealkylation sites (tertiary alicyclic amines) is 1. The number of benzene rings is 2. The van der Waals surface area contributed by atoms with Gasteiger partial charge in [-0.15, -0.1) is 0 Å². The maximum Gasteiger partial charge on any atom is 0.416 e. The fourth-order valence-electron chi connectivity index (χ4n) is 3.69. The third-order valence-electron chi connectivity index (χ3n) is 4.95. The molecule has 0 aliphatic carbocycles. The quantitative estimate of drug-likeness (QED) is 0.749. The van der Waals surface area contributed by atoms with Crippen LogP contribution in [-0.4, -0.2) is 35.7 Å². The SMILES string of the molecule is COc1ccc(Cl)cc1C(c1ccc(C(F)(F)F)cc1)N1CCCC1C(=O)O. The number of carboxylic acid groups (broad SMARTS) is 1. The van der Waals surface area contributed by atoms with Gasteiger partial charge in [0.2, 0.25) is 0 Å². The summed E-state index contributed by atoms with van der Waals surface area (Å²) in [6, 6.07) is 8.41. The van der Waals surface area contributed by atoms with Gasteiger partial charge in [0, 0.05) is 17.1 Å². The van der Waals surface area contributed by atoms with Crippen LogP contribution >= 0.6 is 11.6 Å². The summed E-state index contributed by atoms with van der Waals surface area (Å²) in [6.45, 7) is 0.498. The minimum Gasteiger partial charge on any atom is -0.496 e. The second-order valence-corrected chi connectivity index (χ2v) is 7.08. The van der Waals surface area contributed by atoms with Crippen molar-refractivity contribution in [1.82, 2.24) is 4.90 Å². The summed E-state index contributed by atoms with van der Waals surface area (Å²) < 4.78 is 44.3. The summed E-state index contributed by atoms with van der Waals surface area (Å²) in [6.07, 6.45) is -3.30. The van der Waals surface area contributed by atoms with E-state index in [1.54, 1.807) is 23.1 Å². The van der Waals surface area contributed by atoms with E-state index in [1.807, 2.05) is 0 Å². The van der Waals surface area contributed by atoms with Crippen molar-refractivity contribution in [3.05, 3.63) is 64.2 Å². The van der Waals surface area contributed by atoms with Crippen LogP contribution in [0, 0.1) is 0 Å². The average molecular weight is 414 g/mol. The van der Waals surface area contributed by atoms with Crippen LogP contribution in [0.5, 0.6) is 5.75 Å². The van der Waals surface area contributed by atoms with E-state index in [0.29, 0.717) is 41.3 Å². The number of ether oxygens (including phenoxy) is 1.